The van der Waals surface area contributed by atoms with Gasteiger partial charge in [-0.2, -0.15) is 0 Å². The summed E-state index contributed by atoms with van der Waals surface area (Å²) in [7, 11) is 1.59. The Balaban J connectivity index is 2.17. The van der Waals surface area contributed by atoms with Gasteiger partial charge in [0.05, 0.1) is 22.4 Å². The van der Waals surface area contributed by atoms with Crippen molar-refractivity contribution in [2.45, 2.75) is 9.79 Å². The fourth-order valence-electron chi connectivity index (χ4n) is 2.12. The molecule has 3 nitrogen and oxygen atoms in total. The normalized spacial score (nSPS) is 10.8. The highest BCUT2D eigenvalue weighted by Crippen LogP contribution is 2.40. The van der Waals surface area contributed by atoms with Gasteiger partial charge in [-0.25, -0.2) is 4.39 Å². The van der Waals surface area contributed by atoms with Crippen molar-refractivity contribution in [1.29, 1.82) is 0 Å². The number of nitrogens with zero attached hydrogens (tertiary/aromatic N) is 1. The maximum Gasteiger partial charge on any atom is 0.141 e. The molecular weight excluding hydrogens is 287 g/mol. The predicted octanol–water partition coefficient (Wildman–Crippen LogP) is 4.12. The minimum Gasteiger partial charge on any atom is -0.496 e. The molecule has 0 saturated carbocycles. The number of fused-ring (bicyclic) bond motifs is 1. The smallest absolute Gasteiger partial charge is 0.141 e. The average Bonchev–Trinajstić information content (AvgIpc) is 2.52. The lowest BCUT2D eigenvalue weighted by Crippen LogP contribution is -1.94. The van der Waals surface area contributed by atoms with E-state index in [1.807, 2.05) is 30.3 Å². The van der Waals surface area contributed by atoms with E-state index < -0.39 is 0 Å². The van der Waals surface area contributed by atoms with E-state index in [1.165, 1.54) is 17.8 Å². The van der Waals surface area contributed by atoms with Gasteiger partial charge in [0, 0.05) is 17.3 Å². The zero-order valence-corrected chi connectivity index (χ0v) is 12.2. The van der Waals surface area contributed by atoms with Crippen LogP contribution in [0.4, 0.5) is 10.1 Å². The van der Waals surface area contributed by atoms with E-state index in [0.717, 1.165) is 10.3 Å². The fourth-order valence-corrected chi connectivity index (χ4v) is 3.16. The Morgan fingerprint density at radius 1 is 1.19 bits per heavy atom. The van der Waals surface area contributed by atoms with Crippen molar-refractivity contribution < 1.29 is 9.13 Å². The molecule has 0 fully saturated rings. The number of para-hydroxylation sites is 1. The van der Waals surface area contributed by atoms with Gasteiger partial charge in [-0.15, -0.1) is 0 Å². The Hall–Kier alpha value is -2.27. The Kier molecular flexibility index (Phi) is 3.66. The van der Waals surface area contributed by atoms with Crippen molar-refractivity contribution in [3.63, 3.8) is 0 Å². The lowest BCUT2D eigenvalue weighted by Gasteiger charge is -2.11. The largest absolute Gasteiger partial charge is 0.496 e. The monoisotopic (exact) mass is 300 g/mol. The number of aromatic nitrogens is 1. The van der Waals surface area contributed by atoms with Crippen molar-refractivity contribution in [3.8, 4) is 5.75 Å². The molecule has 0 aliphatic heterocycles. The van der Waals surface area contributed by atoms with Gasteiger partial charge < -0.3 is 10.5 Å². The third-order valence-corrected chi connectivity index (χ3v) is 4.26. The molecule has 0 atom stereocenters. The zero-order chi connectivity index (χ0) is 14.8. The van der Waals surface area contributed by atoms with Crippen LogP contribution in [0.25, 0.3) is 10.9 Å². The van der Waals surface area contributed by atoms with Gasteiger partial charge in [0.25, 0.3) is 0 Å². The molecule has 106 valence electrons. The van der Waals surface area contributed by atoms with Gasteiger partial charge in [0.1, 0.15) is 11.6 Å². The van der Waals surface area contributed by atoms with Crippen LogP contribution in [0.3, 0.4) is 0 Å². The first-order valence-corrected chi connectivity index (χ1v) is 7.16. The van der Waals surface area contributed by atoms with Gasteiger partial charge in [0.2, 0.25) is 0 Å². The first-order valence-electron chi connectivity index (χ1n) is 6.34. The Labute approximate surface area is 125 Å². The second-order valence-electron chi connectivity index (χ2n) is 4.43. The van der Waals surface area contributed by atoms with Crippen molar-refractivity contribution >= 4 is 28.4 Å². The molecule has 0 aliphatic rings. The minimum atomic E-state index is -0.380. The molecule has 21 heavy (non-hydrogen) atoms. The van der Waals surface area contributed by atoms with Crippen LogP contribution in [0.5, 0.6) is 5.75 Å². The van der Waals surface area contributed by atoms with Crippen LogP contribution >= 0.6 is 11.8 Å². The molecule has 0 aliphatic carbocycles. The summed E-state index contributed by atoms with van der Waals surface area (Å²) in [6, 6.07) is 12.4. The van der Waals surface area contributed by atoms with Gasteiger partial charge >= 0.3 is 0 Å². The van der Waals surface area contributed by atoms with E-state index in [4.69, 9.17) is 10.5 Å². The maximum absolute atomic E-state index is 14.3. The second-order valence-corrected chi connectivity index (χ2v) is 5.48. The highest BCUT2D eigenvalue weighted by atomic mass is 32.2. The first-order chi connectivity index (χ1) is 10.2. The summed E-state index contributed by atoms with van der Waals surface area (Å²) < 4.78 is 19.6. The van der Waals surface area contributed by atoms with Gasteiger partial charge in [-0.3, -0.25) is 4.98 Å². The molecule has 0 amide bonds. The Morgan fingerprint density at radius 2 is 2.00 bits per heavy atom. The number of hydrogen-bond donors (Lipinski definition) is 1. The molecular formula is C16H13FN2OS. The van der Waals surface area contributed by atoms with Gasteiger partial charge in [-0.1, -0.05) is 23.9 Å². The second kappa shape index (κ2) is 5.61. The van der Waals surface area contributed by atoms with Crippen molar-refractivity contribution in [1.82, 2.24) is 4.98 Å². The molecule has 2 aromatic carbocycles. The fraction of sp³-hybridized carbons (Fsp3) is 0.0625. The predicted molar refractivity (Wildman–Crippen MR) is 83.2 cm³/mol. The van der Waals surface area contributed by atoms with Gasteiger partial charge in [0.15, 0.2) is 0 Å². The molecule has 0 unspecified atom stereocenters. The van der Waals surface area contributed by atoms with E-state index in [1.54, 1.807) is 19.4 Å². The molecule has 0 bridgehead atoms. The molecule has 0 spiro atoms. The average molecular weight is 300 g/mol. The summed E-state index contributed by atoms with van der Waals surface area (Å²) in [4.78, 5) is 5.55. The highest BCUT2D eigenvalue weighted by Gasteiger charge is 2.15. The minimum absolute atomic E-state index is 0.380. The molecule has 0 radical (unpaired) electrons. The number of halogens is 1. The number of nitrogen functional groups attached to an aromatic ring is 1. The van der Waals surface area contributed by atoms with Gasteiger partial charge in [-0.05, 0) is 30.3 Å². The van der Waals surface area contributed by atoms with E-state index in [-0.39, 0.29) is 5.82 Å². The number of hydrogen-bond acceptors (Lipinski definition) is 4. The summed E-state index contributed by atoms with van der Waals surface area (Å²) in [5.74, 6) is 0.317. The number of pyridine rings is 1. The standard InChI is InChI=1S/C16H13FN2OS/c1-20-13-6-2-3-7-14(13)21-16-11(17)9-12(18)10-5-4-8-19-15(10)16/h2-9H,18H2,1H3. The molecule has 2 N–H and O–H groups in total. The van der Waals surface area contributed by atoms with Crippen molar-refractivity contribution in [3.05, 3.63) is 54.5 Å². The summed E-state index contributed by atoms with van der Waals surface area (Å²) in [5, 5.41) is 0.747. The lowest BCUT2D eigenvalue weighted by atomic mass is 10.2. The topological polar surface area (TPSA) is 48.1 Å². The third-order valence-electron chi connectivity index (χ3n) is 3.11. The lowest BCUT2D eigenvalue weighted by molar-refractivity contribution is 0.405. The van der Waals surface area contributed by atoms with Crippen LogP contribution in [-0.4, -0.2) is 12.1 Å². The Morgan fingerprint density at radius 3 is 2.81 bits per heavy atom. The van der Waals surface area contributed by atoms with Crippen LogP contribution in [0.1, 0.15) is 0 Å². The van der Waals surface area contributed by atoms with Crippen molar-refractivity contribution in [2.24, 2.45) is 0 Å². The summed E-state index contributed by atoms with van der Waals surface area (Å²) in [6.45, 7) is 0. The number of rotatable bonds is 3. The van der Waals surface area contributed by atoms with E-state index in [9.17, 15) is 4.39 Å². The van der Waals surface area contributed by atoms with Crippen LogP contribution in [0, 0.1) is 5.82 Å². The van der Waals surface area contributed by atoms with Crippen LogP contribution in [-0.2, 0) is 0 Å². The number of benzene rings is 2. The number of methoxy groups -OCH3 is 1. The van der Waals surface area contributed by atoms with E-state index in [2.05, 4.69) is 4.98 Å². The molecule has 1 aromatic heterocycles. The van der Waals surface area contributed by atoms with Crippen molar-refractivity contribution in [2.75, 3.05) is 12.8 Å². The first kappa shape index (κ1) is 13.7. The van der Waals surface area contributed by atoms with Crippen LogP contribution < -0.4 is 10.5 Å². The SMILES string of the molecule is COc1ccccc1Sc1c(F)cc(N)c2cccnc12. The molecule has 3 rings (SSSR count). The zero-order valence-electron chi connectivity index (χ0n) is 11.3. The van der Waals surface area contributed by atoms with E-state index >= 15 is 0 Å². The van der Waals surface area contributed by atoms with E-state index in [0.29, 0.717) is 21.8 Å². The summed E-state index contributed by atoms with van der Waals surface area (Å²) in [6.07, 6.45) is 1.63. The molecule has 0 saturated heterocycles. The molecule has 3 aromatic rings. The summed E-state index contributed by atoms with van der Waals surface area (Å²) >= 11 is 1.29. The Bertz CT molecular complexity index is 807. The number of anilines is 1. The van der Waals surface area contributed by atoms with Crippen LogP contribution in [0.2, 0.25) is 0 Å². The number of nitrogens with two attached hydrogens (primary N) is 1. The third kappa shape index (κ3) is 2.52. The number of ether oxygens (including phenoxy) is 1. The maximum atomic E-state index is 14.3. The molecule has 1 heterocycles. The van der Waals surface area contributed by atoms with Crippen LogP contribution in [0.15, 0.2) is 58.5 Å². The molecule has 5 heteroatoms. The highest BCUT2D eigenvalue weighted by molar-refractivity contribution is 7.99. The summed E-state index contributed by atoms with van der Waals surface area (Å²) in [5.41, 5.74) is 6.81. The quantitative estimate of drug-likeness (QED) is 0.739.